The van der Waals surface area contributed by atoms with Crippen molar-refractivity contribution in [2.45, 2.75) is 52.0 Å². The predicted molar refractivity (Wildman–Crippen MR) is 82.4 cm³/mol. The lowest BCUT2D eigenvalue weighted by atomic mass is 9.79. The van der Waals surface area contributed by atoms with Gasteiger partial charge in [0.25, 0.3) is 0 Å². The van der Waals surface area contributed by atoms with E-state index < -0.39 is 0 Å². The van der Waals surface area contributed by atoms with Crippen molar-refractivity contribution in [3.8, 4) is 0 Å². The Hall–Kier alpha value is -0.610. The van der Waals surface area contributed by atoms with Crippen molar-refractivity contribution >= 4 is 5.91 Å². The van der Waals surface area contributed by atoms with E-state index in [1.807, 2.05) is 0 Å². The van der Waals surface area contributed by atoms with E-state index in [1.165, 1.54) is 12.8 Å². The maximum atomic E-state index is 12.7. The van der Waals surface area contributed by atoms with E-state index in [1.54, 1.807) is 0 Å². The van der Waals surface area contributed by atoms with Crippen molar-refractivity contribution < 1.29 is 4.79 Å². The highest BCUT2D eigenvalue weighted by Crippen LogP contribution is 2.32. The number of nitrogens with two attached hydrogens (primary N) is 1. The van der Waals surface area contributed by atoms with Crippen LogP contribution in [0.5, 0.6) is 0 Å². The number of likely N-dealkylation sites (N-methyl/N-ethyl adjacent to an activating group) is 1. The third kappa shape index (κ3) is 3.73. The molecule has 1 saturated carbocycles. The first kappa shape index (κ1) is 15.8. The number of amides is 1. The van der Waals surface area contributed by atoms with Gasteiger partial charge in [0, 0.05) is 31.6 Å². The second-order valence-corrected chi connectivity index (χ2v) is 6.57. The number of carbonyl (C=O) groups excluding carboxylic acids is 1. The minimum atomic E-state index is 0.265. The second kappa shape index (κ2) is 7.41. The van der Waals surface area contributed by atoms with E-state index in [0.717, 1.165) is 52.0 Å². The Bertz CT molecular complexity index is 311. The molecule has 0 aromatic heterocycles. The molecule has 3 unspecified atom stereocenters. The number of hydrogen-bond acceptors (Lipinski definition) is 3. The van der Waals surface area contributed by atoms with E-state index in [0.29, 0.717) is 17.9 Å². The van der Waals surface area contributed by atoms with Crippen LogP contribution in [0.15, 0.2) is 0 Å². The van der Waals surface area contributed by atoms with Gasteiger partial charge in [0.05, 0.1) is 0 Å². The van der Waals surface area contributed by atoms with Crippen LogP contribution >= 0.6 is 0 Å². The fraction of sp³-hybridized carbons (Fsp3) is 0.938. The highest BCUT2D eigenvalue weighted by Gasteiger charge is 2.33. The van der Waals surface area contributed by atoms with Gasteiger partial charge in [0.15, 0.2) is 0 Å². The number of rotatable bonds is 4. The summed E-state index contributed by atoms with van der Waals surface area (Å²) in [5.41, 5.74) is 5.67. The zero-order valence-electron chi connectivity index (χ0n) is 13.2. The average Bonchev–Trinajstić information content (AvgIpc) is 2.47. The number of nitrogens with zero attached hydrogens (tertiary/aromatic N) is 2. The summed E-state index contributed by atoms with van der Waals surface area (Å²) >= 11 is 0. The molecule has 0 aromatic rings. The summed E-state index contributed by atoms with van der Waals surface area (Å²) in [6.45, 7) is 9.14. The van der Waals surface area contributed by atoms with Gasteiger partial charge in [-0.3, -0.25) is 9.69 Å². The molecule has 116 valence electrons. The Morgan fingerprint density at radius 2 is 2.10 bits per heavy atom. The van der Waals surface area contributed by atoms with Crippen molar-refractivity contribution in [2.75, 3.05) is 32.7 Å². The van der Waals surface area contributed by atoms with E-state index >= 15 is 0 Å². The van der Waals surface area contributed by atoms with Crippen molar-refractivity contribution in [1.82, 2.24) is 9.80 Å². The third-order valence-corrected chi connectivity index (χ3v) is 5.19. The standard InChI is InChI=1S/C16H31N3O/c1-3-18-9-10-19(12-13(18)2)16(20)15-6-4-5-14(11-15)7-8-17/h13-15H,3-12,17H2,1-2H3. The number of piperazine rings is 1. The first-order chi connectivity index (χ1) is 9.65. The molecule has 4 heteroatoms. The summed E-state index contributed by atoms with van der Waals surface area (Å²) in [5.74, 6) is 1.35. The summed E-state index contributed by atoms with van der Waals surface area (Å²) in [6, 6.07) is 0.501. The van der Waals surface area contributed by atoms with Crippen LogP contribution in [-0.4, -0.2) is 54.5 Å². The molecule has 4 nitrogen and oxygen atoms in total. The van der Waals surface area contributed by atoms with Crippen LogP contribution in [0.25, 0.3) is 0 Å². The van der Waals surface area contributed by atoms with Gasteiger partial charge >= 0.3 is 0 Å². The highest BCUT2D eigenvalue weighted by molar-refractivity contribution is 5.79. The molecule has 2 N–H and O–H groups in total. The minimum Gasteiger partial charge on any atom is -0.340 e. The average molecular weight is 281 g/mol. The molecule has 2 fully saturated rings. The van der Waals surface area contributed by atoms with Crippen LogP contribution in [0.1, 0.15) is 46.0 Å². The maximum absolute atomic E-state index is 12.7. The van der Waals surface area contributed by atoms with E-state index in [4.69, 9.17) is 5.73 Å². The summed E-state index contributed by atoms with van der Waals surface area (Å²) in [6.07, 6.45) is 5.71. The second-order valence-electron chi connectivity index (χ2n) is 6.57. The molecule has 0 spiro atoms. The summed E-state index contributed by atoms with van der Waals surface area (Å²) in [5, 5.41) is 0. The minimum absolute atomic E-state index is 0.265. The first-order valence-corrected chi connectivity index (χ1v) is 8.38. The molecular weight excluding hydrogens is 250 g/mol. The van der Waals surface area contributed by atoms with E-state index in [9.17, 15) is 4.79 Å². The SMILES string of the molecule is CCN1CCN(C(=O)C2CCCC(CCN)C2)CC1C. The van der Waals surface area contributed by atoms with Gasteiger partial charge in [-0.2, -0.15) is 0 Å². The molecule has 1 heterocycles. The lowest BCUT2D eigenvalue weighted by Crippen LogP contribution is -2.54. The predicted octanol–water partition coefficient (Wildman–Crippen LogP) is 1.69. The summed E-state index contributed by atoms with van der Waals surface area (Å²) < 4.78 is 0. The number of hydrogen-bond donors (Lipinski definition) is 1. The molecule has 1 amide bonds. The van der Waals surface area contributed by atoms with Crippen molar-refractivity contribution in [2.24, 2.45) is 17.6 Å². The Labute approximate surface area is 123 Å². The highest BCUT2D eigenvalue weighted by atomic mass is 16.2. The zero-order valence-corrected chi connectivity index (χ0v) is 13.2. The molecule has 2 aliphatic rings. The van der Waals surface area contributed by atoms with E-state index in [-0.39, 0.29) is 5.92 Å². The lowest BCUT2D eigenvalue weighted by molar-refractivity contribution is -0.140. The van der Waals surface area contributed by atoms with Crippen LogP contribution in [0.4, 0.5) is 0 Å². The lowest BCUT2D eigenvalue weighted by Gasteiger charge is -2.41. The van der Waals surface area contributed by atoms with Gasteiger partial charge in [-0.15, -0.1) is 0 Å². The fourth-order valence-electron chi connectivity index (χ4n) is 3.94. The first-order valence-electron chi connectivity index (χ1n) is 8.38. The summed E-state index contributed by atoms with van der Waals surface area (Å²) in [4.78, 5) is 17.3. The molecular formula is C16H31N3O. The van der Waals surface area contributed by atoms with Gasteiger partial charge in [-0.1, -0.05) is 19.8 Å². The Morgan fingerprint density at radius 1 is 1.30 bits per heavy atom. The van der Waals surface area contributed by atoms with Crippen LogP contribution < -0.4 is 5.73 Å². The molecule has 3 atom stereocenters. The van der Waals surface area contributed by atoms with Crippen LogP contribution in [0, 0.1) is 11.8 Å². The normalized spacial score (nSPS) is 32.4. The molecule has 1 saturated heterocycles. The molecule has 0 bridgehead atoms. The van der Waals surface area contributed by atoms with Gasteiger partial charge < -0.3 is 10.6 Å². The summed E-state index contributed by atoms with van der Waals surface area (Å²) in [7, 11) is 0. The topological polar surface area (TPSA) is 49.6 Å². The van der Waals surface area contributed by atoms with Crippen LogP contribution in [0.2, 0.25) is 0 Å². The molecule has 0 aromatic carbocycles. The monoisotopic (exact) mass is 281 g/mol. The molecule has 1 aliphatic carbocycles. The maximum Gasteiger partial charge on any atom is 0.225 e. The molecule has 1 aliphatic heterocycles. The fourth-order valence-corrected chi connectivity index (χ4v) is 3.94. The molecule has 0 radical (unpaired) electrons. The van der Waals surface area contributed by atoms with Gasteiger partial charge in [0.1, 0.15) is 0 Å². The van der Waals surface area contributed by atoms with Gasteiger partial charge in [0.2, 0.25) is 5.91 Å². The van der Waals surface area contributed by atoms with Gasteiger partial charge in [-0.05, 0) is 45.2 Å². The Morgan fingerprint density at radius 3 is 2.75 bits per heavy atom. The largest absolute Gasteiger partial charge is 0.340 e. The quantitative estimate of drug-likeness (QED) is 0.853. The van der Waals surface area contributed by atoms with Crippen molar-refractivity contribution in [1.29, 1.82) is 0 Å². The Kier molecular flexibility index (Phi) is 5.85. The van der Waals surface area contributed by atoms with Crippen LogP contribution in [0.3, 0.4) is 0 Å². The molecule has 2 rings (SSSR count). The van der Waals surface area contributed by atoms with Crippen molar-refractivity contribution in [3.05, 3.63) is 0 Å². The number of carbonyl (C=O) groups is 1. The van der Waals surface area contributed by atoms with Crippen molar-refractivity contribution in [3.63, 3.8) is 0 Å². The van der Waals surface area contributed by atoms with Crippen LogP contribution in [-0.2, 0) is 4.79 Å². The Balaban J connectivity index is 1.87. The van der Waals surface area contributed by atoms with Gasteiger partial charge in [-0.25, -0.2) is 0 Å². The van der Waals surface area contributed by atoms with E-state index in [2.05, 4.69) is 23.6 Å². The smallest absolute Gasteiger partial charge is 0.225 e. The zero-order chi connectivity index (χ0) is 14.5. The third-order valence-electron chi connectivity index (χ3n) is 5.19. The molecule has 20 heavy (non-hydrogen) atoms.